The van der Waals surface area contributed by atoms with Crippen molar-refractivity contribution in [1.29, 1.82) is 0 Å². The molecule has 4 heteroatoms. The Morgan fingerprint density at radius 2 is 1.57 bits per heavy atom. The number of fused-ring (bicyclic) bond motifs is 3. The zero-order valence-corrected chi connectivity index (χ0v) is 13.5. The smallest absolute Gasteiger partial charge is 0.151 e. The maximum atomic E-state index is 6.23. The van der Waals surface area contributed by atoms with Crippen LogP contribution >= 0.6 is 0 Å². The zero-order valence-electron chi connectivity index (χ0n) is 13.5. The van der Waals surface area contributed by atoms with E-state index in [2.05, 4.69) is 53.7 Å². The summed E-state index contributed by atoms with van der Waals surface area (Å²) in [4.78, 5) is 9.06. The fourth-order valence-corrected chi connectivity index (χ4v) is 3.38. The molecule has 2 aromatic carbocycles. The Labute approximate surface area is 134 Å². The minimum absolute atomic E-state index is 0.536. The minimum atomic E-state index is 0.536. The number of rotatable bonds is 1. The van der Waals surface area contributed by atoms with Crippen LogP contribution in [0.4, 0.5) is 5.82 Å². The Bertz CT molecular complexity index is 1040. The van der Waals surface area contributed by atoms with E-state index in [0.29, 0.717) is 11.6 Å². The van der Waals surface area contributed by atoms with Gasteiger partial charge in [0.1, 0.15) is 11.6 Å². The standard InChI is InChI=1S/C19H18N4/c1-11-7-6-8-12(2)17(11)23-15-10-5-4-9-14(15)16-18(20)21-13(3)22-19(16)23/h4-10H,1-3H3,(H2,20,21,22). The average molecular weight is 302 g/mol. The quantitative estimate of drug-likeness (QED) is 0.576. The molecule has 23 heavy (non-hydrogen) atoms. The van der Waals surface area contributed by atoms with Crippen LogP contribution in [0.25, 0.3) is 27.6 Å². The monoisotopic (exact) mass is 302 g/mol. The number of para-hydroxylation sites is 2. The van der Waals surface area contributed by atoms with Crippen molar-refractivity contribution < 1.29 is 0 Å². The van der Waals surface area contributed by atoms with E-state index in [1.54, 1.807) is 0 Å². The number of nitrogen functional groups attached to an aromatic ring is 1. The third-order valence-corrected chi connectivity index (χ3v) is 4.32. The predicted octanol–water partition coefficient (Wildman–Crippen LogP) is 4.08. The van der Waals surface area contributed by atoms with Gasteiger partial charge in [-0.3, -0.25) is 4.57 Å². The summed E-state index contributed by atoms with van der Waals surface area (Å²) in [5.41, 5.74) is 11.8. The third-order valence-electron chi connectivity index (χ3n) is 4.32. The maximum absolute atomic E-state index is 6.23. The number of aromatic nitrogens is 3. The summed E-state index contributed by atoms with van der Waals surface area (Å²) >= 11 is 0. The molecule has 4 aromatic rings. The van der Waals surface area contributed by atoms with Crippen molar-refractivity contribution in [1.82, 2.24) is 14.5 Å². The van der Waals surface area contributed by atoms with Gasteiger partial charge in [-0.25, -0.2) is 9.97 Å². The third kappa shape index (κ3) is 1.91. The first-order chi connectivity index (χ1) is 11.1. The first-order valence-electron chi connectivity index (χ1n) is 7.68. The second-order valence-corrected chi connectivity index (χ2v) is 5.95. The van der Waals surface area contributed by atoms with Gasteiger partial charge in [-0.2, -0.15) is 0 Å². The maximum Gasteiger partial charge on any atom is 0.151 e. The van der Waals surface area contributed by atoms with Gasteiger partial charge in [-0.05, 0) is 38.0 Å². The molecule has 4 nitrogen and oxygen atoms in total. The van der Waals surface area contributed by atoms with Crippen molar-refractivity contribution >= 4 is 27.8 Å². The summed E-state index contributed by atoms with van der Waals surface area (Å²) in [5, 5.41) is 2.01. The lowest BCUT2D eigenvalue weighted by Gasteiger charge is -2.13. The molecule has 0 atom stereocenters. The highest BCUT2D eigenvalue weighted by Crippen LogP contribution is 2.35. The van der Waals surface area contributed by atoms with Gasteiger partial charge in [-0.1, -0.05) is 36.4 Å². The lowest BCUT2D eigenvalue weighted by atomic mass is 10.1. The van der Waals surface area contributed by atoms with E-state index in [0.717, 1.165) is 27.6 Å². The predicted molar refractivity (Wildman–Crippen MR) is 95.0 cm³/mol. The van der Waals surface area contributed by atoms with Gasteiger partial charge >= 0.3 is 0 Å². The number of nitrogens with zero attached hydrogens (tertiary/aromatic N) is 3. The molecular formula is C19H18N4. The lowest BCUT2D eigenvalue weighted by Crippen LogP contribution is -2.03. The van der Waals surface area contributed by atoms with Crippen molar-refractivity contribution in [3.05, 3.63) is 59.4 Å². The van der Waals surface area contributed by atoms with Crippen LogP contribution in [-0.2, 0) is 0 Å². The zero-order chi connectivity index (χ0) is 16.1. The van der Waals surface area contributed by atoms with Gasteiger partial charge in [0.25, 0.3) is 0 Å². The summed E-state index contributed by atoms with van der Waals surface area (Å²) < 4.78 is 2.21. The van der Waals surface area contributed by atoms with Crippen LogP contribution in [0.1, 0.15) is 17.0 Å². The molecule has 2 heterocycles. The summed E-state index contributed by atoms with van der Waals surface area (Å²) in [7, 11) is 0. The van der Waals surface area contributed by atoms with Crippen molar-refractivity contribution in [3.8, 4) is 5.69 Å². The van der Waals surface area contributed by atoms with Crippen LogP contribution in [0.5, 0.6) is 0 Å². The first kappa shape index (κ1) is 13.8. The summed E-state index contributed by atoms with van der Waals surface area (Å²) in [5.74, 6) is 1.22. The molecule has 2 aromatic heterocycles. The molecular weight excluding hydrogens is 284 g/mol. The SMILES string of the molecule is Cc1nc(N)c2c3ccccc3n(-c3c(C)cccc3C)c2n1. The van der Waals surface area contributed by atoms with Crippen LogP contribution in [0.3, 0.4) is 0 Å². The molecule has 2 N–H and O–H groups in total. The number of benzene rings is 2. The van der Waals surface area contributed by atoms with Gasteiger partial charge in [0.2, 0.25) is 0 Å². The van der Waals surface area contributed by atoms with Gasteiger partial charge in [0.05, 0.1) is 16.6 Å². The number of aryl methyl sites for hydroxylation is 3. The normalized spacial score (nSPS) is 11.4. The lowest BCUT2D eigenvalue weighted by molar-refractivity contribution is 1.04. The Kier molecular flexibility index (Phi) is 2.88. The van der Waals surface area contributed by atoms with Crippen molar-refractivity contribution in [2.24, 2.45) is 0 Å². The van der Waals surface area contributed by atoms with Crippen LogP contribution in [0.15, 0.2) is 42.5 Å². The van der Waals surface area contributed by atoms with Gasteiger partial charge in [-0.15, -0.1) is 0 Å². The molecule has 0 saturated heterocycles. The Balaban J connectivity index is 2.30. The van der Waals surface area contributed by atoms with E-state index in [1.807, 2.05) is 19.1 Å². The van der Waals surface area contributed by atoms with Crippen molar-refractivity contribution in [3.63, 3.8) is 0 Å². The van der Waals surface area contributed by atoms with Crippen LogP contribution < -0.4 is 5.73 Å². The topological polar surface area (TPSA) is 56.7 Å². The second-order valence-electron chi connectivity index (χ2n) is 5.95. The second kappa shape index (κ2) is 4.81. The highest BCUT2D eigenvalue weighted by atomic mass is 15.1. The molecule has 0 amide bonds. The molecule has 0 aliphatic carbocycles. The van der Waals surface area contributed by atoms with Crippen LogP contribution in [0.2, 0.25) is 0 Å². The van der Waals surface area contributed by atoms with Crippen molar-refractivity contribution in [2.45, 2.75) is 20.8 Å². The molecule has 0 fully saturated rings. The van der Waals surface area contributed by atoms with E-state index in [-0.39, 0.29) is 0 Å². The molecule has 0 radical (unpaired) electrons. The molecule has 0 aliphatic rings. The number of nitrogens with two attached hydrogens (primary N) is 1. The Morgan fingerprint density at radius 1 is 0.870 bits per heavy atom. The van der Waals surface area contributed by atoms with Gasteiger partial charge in [0, 0.05) is 5.39 Å². The van der Waals surface area contributed by atoms with E-state index in [1.165, 1.54) is 11.1 Å². The van der Waals surface area contributed by atoms with Crippen LogP contribution in [0, 0.1) is 20.8 Å². The van der Waals surface area contributed by atoms with Gasteiger partial charge < -0.3 is 5.73 Å². The first-order valence-corrected chi connectivity index (χ1v) is 7.68. The molecule has 4 rings (SSSR count). The van der Waals surface area contributed by atoms with E-state index < -0.39 is 0 Å². The summed E-state index contributed by atoms with van der Waals surface area (Å²) in [6.45, 7) is 6.13. The highest BCUT2D eigenvalue weighted by molar-refractivity contribution is 6.12. The van der Waals surface area contributed by atoms with Gasteiger partial charge in [0.15, 0.2) is 5.65 Å². The van der Waals surface area contributed by atoms with E-state index in [9.17, 15) is 0 Å². The number of anilines is 1. The fraction of sp³-hybridized carbons (Fsp3) is 0.158. The van der Waals surface area contributed by atoms with Crippen molar-refractivity contribution in [2.75, 3.05) is 5.73 Å². The Morgan fingerprint density at radius 3 is 2.30 bits per heavy atom. The average Bonchev–Trinajstić information content (AvgIpc) is 2.82. The van der Waals surface area contributed by atoms with E-state index in [4.69, 9.17) is 10.7 Å². The number of hydrogen-bond donors (Lipinski definition) is 1. The van der Waals surface area contributed by atoms with E-state index >= 15 is 0 Å². The number of hydrogen-bond acceptors (Lipinski definition) is 3. The molecule has 0 unspecified atom stereocenters. The minimum Gasteiger partial charge on any atom is -0.383 e. The summed E-state index contributed by atoms with van der Waals surface area (Å²) in [6.07, 6.45) is 0. The molecule has 114 valence electrons. The summed E-state index contributed by atoms with van der Waals surface area (Å²) in [6, 6.07) is 14.6. The molecule has 0 spiro atoms. The highest BCUT2D eigenvalue weighted by Gasteiger charge is 2.18. The fourth-order valence-electron chi connectivity index (χ4n) is 3.38. The van der Waals surface area contributed by atoms with Crippen LogP contribution in [-0.4, -0.2) is 14.5 Å². The molecule has 0 aliphatic heterocycles. The molecule has 0 saturated carbocycles. The Hall–Kier alpha value is -2.88. The largest absolute Gasteiger partial charge is 0.383 e. The molecule has 0 bridgehead atoms.